The first-order chi connectivity index (χ1) is 9.15. The molecule has 0 aliphatic carbocycles. The molecule has 0 unspecified atom stereocenters. The van der Waals surface area contributed by atoms with Crippen molar-refractivity contribution < 1.29 is 4.92 Å². The molecule has 0 bridgehead atoms. The summed E-state index contributed by atoms with van der Waals surface area (Å²) in [5, 5.41) is 10.6. The van der Waals surface area contributed by atoms with E-state index in [9.17, 15) is 10.1 Å². The molecular weight excluding hydrogens is 242 g/mol. The van der Waals surface area contributed by atoms with Crippen molar-refractivity contribution in [1.82, 2.24) is 9.38 Å². The number of hydrogen-bond acceptors (Lipinski definition) is 3. The van der Waals surface area contributed by atoms with Gasteiger partial charge in [-0.1, -0.05) is 6.07 Å². The number of benzene rings is 1. The van der Waals surface area contributed by atoms with E-state index in [0.717, 1.165) is 22.5 Å². The van der Waals surface area contributed by atoms with Gasteiger partial charge in [0.25, 0.3) is 5.69 Å². The molecule has 0 fully saturated rings. The van der Waals surface area contributed by atoms with E-state index in [1.54, 1.807) is 12.1 Å². The molecule has 0 aliphatic heterocycles. The van der Waals surface area contributed by atoms with E-state index in [4.69, 9.17) is 0 Å². The molecular formula is C14H11N3O2. The smallest absolute Gasteiger partial charge is 0.269 e. The topological polar surface area (TPSA) is 60.4 Å². The SMILES string of the molecule is Cc1cccn2cc(-c3ccc([N+](=O)[O-])cc3)nc12. The van der Waals surface area contributed by atoms with Crippen molar-refractivity contribution in [3.8, 4) is 11.3 Å². The second-order valence-corrected chi connectivity index (χ2v) is 4.35. The Morgan fingerprint density at radius 3 is 2.58 bits per heavy atom. The summed E-state index contributed by atoms with van der Waals surface area (Å²) in [6.45, 7) is 2.00. The molecule has 0 amide bonds. The van der Waals surface area contributed by atoms with E-state index < -0.39 is 4.92 Å². The van der Waals surface area contributed by atoms with Gasteiger partial charge < -0.3 is 4.40 Å². The van der Waals surface area contributed by atoms with Crippen molar-refractivity contribution in [1.29, 1.82) is 0 Å². The summed E-state index contributed by atoms with van der Waals surface area (Å²) in [5.74, 6) is 0. The van der Waals surface area contributed by atoms with E-state index in [2.05, 4.69) is 4.98 Å². The van der Waals surface area contributed by atoms with E-state index in [1.165, 1.54) is 12.1 Å². The minimum absolute atomic E-state index is 0.0868. The number of nitrogens with zero attached hydrogens (tertiary/aromatic N) is 3. The van der Waals surface area contributed by atoms with Crippen LogP contribution < -0.4 is 0 Å². The van der Waals surface area contributed by atoms with Gasteiger partial charge in [0.2, 0.25) is 0 Å². The van der Waals surface area contributed by atoms with E-state index in [0.29, 0.717) is 0 Å². The summed E-state index contributed by atoms with van der Waals surface area (Å²) in [4.78, 5) is 14.8. The molecule has 0 N–H and O–H groups in total. The average molecular weight is 253 g/mol. The average Bonchev–Trinajstić information content (AvgIpc) is 2.84. The number of nitro groups is 1. The minimum atomic E-state index is -0.405. The van der Waals surface area contributed by atoms with Gasteiger partial charge in [-0.3, -0.25) is 10.1 Å². The van der Waals surface area contributed by atoms with Crippen molar-refractivity contribution in [2.24, 2.45) is 0 Å². The fraction of sp³-hybridized carbons (Fsp3) is 0.0714. The van der Waals surface area contributed by atoms with Gasteiger partial charge in [0.1, 0.15) is 5.65 Å². The molecule has 94 valence electrons. The standard InChI is InChI=1S/C14H11N3O2/c1-10-3-2-8-16-9-13(15-14(10)16)11-4-6-12(7-5-11)17(18)19/h2-9H,1H3. The highest BCUT2D eigenvalue weighted by molar-refractivity contribution is 5.65. The fourth-order valence-corrected chi connectivity index (χ4v) is 2.05. The molecule has 5 nitrogen and oxygen atoms in total. The van der Waals surface area contributed by atoms with Gasteiger partial charge in [0.15, 0.2) is 0 Å². The molecule has 0 radical (unpaired) electrons. The van der Waals surface area contributed by atoms with Gasteiger partial charge in [0.05, 0.1) is 10.6 Å². The number of non-ortho nitro benzene ring substituents is 1. The van der Waals surface area contributed by atoms with Crippen LogP contribution in [0.15, 0.2) is 48.8 Å². The molecule has 19 heavy (non-hydrogen) atoms. The third-order valence-corrected chi connectivity index (χ3v) is 3.05. The molecule has 3 rings (SSSR count). The largest absolute Gasteiger partial charge is 0.306 e. The number of nitro benzene ring substituents is 1. The first-order valence-corrected chi connectivity index (χ1v) is 5.84. The Hall–Kier alpha value is -2.69. The van der Waals surface area contributed by atoms with Crippen molar-refractivity contribution in [3.63, 3.8) is 0 Å². The normalized spacial score (nSPS) is 10.8. The highest BCUT2D eigenvalue weighted by atomic mass is 16.6. The van der Waals surface area contributed by atoms with Crippen LogP contribution in [0, 0.1) is 17.0 Å². The summed E-state index contributed by atoms with van der Waals surface area (Å²) in [5.41, 5.74) is 3.76. The Labute approximate surface area is 109 Å². The van der Waals surface area contributed by atoms with Gasteiger partial charge in [-0.05, 0) is 30.7 Å². The number of aromatic nitrogens is 2. The second kappa shape index (κ2) is 4.20. The van der Waals surface area contributed by atoms with Crippen molar-refractivity contribution in [2.45, 2.75) is 6.92 Å². The number of rotatable bonds is 2. The van der Waals surface area contributed by atoms with Crippen LogP contribution in [0.1, 0.15) is 5.56 Å². The maximum atomic E-state index is 10.6. The molecule has 2 heterocycles. The fourth-order valence-electron chi connectivity index (χ4n) is 2.05. The van der Waals surface area contributed by atoms with Crippen molar-refractivity contribution in [3.05, 3.63) is 64.5 Å². The van der Waals surface area contributed by atoms with Crippen LogP contribution in [0.3, 0.4) is 0 Å². The predicted octanol–water partition coefficient (Wildman–Crippen LogP) is 3.22. The molecule has 5 heteroatoms. The number of imidazole rings is 1. The van der Waals surface area contributed by atoms with Gasteiger partial charge in [-0.15, -0.1) is 0 Å². The number of aryl methyl sites for hydroxylation is 1. The molecule has 0 saturated carbocycles. The zero-order chi connectivity index (χ0) is 13.4. The summed E-state index contributed by atoms with van der Waals surface area (Å²) >= 11 is 0. The number of fused-ring (bicyclic) bond motifs is 1. The molecule has 0 aliphatic rings. The maximum Gasteiger partial charge on any atom is 0.269 e. The van der Waals surface area contributed by atoms with Gasteiger partial charge >= 0.3 is 0 Å². The summed E-state index contributed by atoms with van der Waals surface area (Å²) < 4.78 is 1.95. The zero-order valence-electron chi connectivity index (χ0n) is 10.3. The number of pyridine rings is 1. The quantitative estimate of drug-likeness (QED) is 0.520. The summed E-state index contributed by atoms with van der Waals surface area (Å²) in [6, 6.07) is 10.4. The predicted molar refractivity (Wildman–Crippen MR) is 72.0 cm³/mol. The molecule has 0 saturated heterocycles. The Morgan fingerprint density at radius 2 is 1.95 bits per heavy atom. The van der Waals surface area contributed by atoms with Gasteiger partial charge in [0, 0.05) is 30.1 Å². The Bertz CT molecular complexity index is 760. The first-order valence-electron chi connectivity index (χ1n) is 5.84. The lowest BCUT2D eigenvalue weighted by atomic mass is 10.1. The first kappa shape index (κ1) is 11.4. The third kappa shape index (κ3) is 1.95. The van der Waals surface area contributed by atoms with E-state index >= 15 is 0 Å². The highest BCUT2D eigenvalue weighted by Gasteiger charge is 2.08. The Kier molecular flexibility index (Phi) is 2.52. The second-order valence-electron chi connectivity index (χ2n) is 4.35. The third-order valence-electron chi connectivity index (χ3n) is 3.05. The number of hydrogen-bond donors (Lipinski definition) is 0. The van der Waals surface area contributed by atoms with Gasteiger partial charge in [-0.2, -0.15) is 0 Å². The van der Waals surface area contributed by atoms with Crippen molar-refractivity contribution in [2.75, 3.05) is 0 Å². The summed E-state index contributed by atoms with van der Waals surface area (Å²) in [6.07, 6.45) is 3.85. The summed E-state index contributed by atoms with van der Waals surface area (Å²) in [7, 11) is 0. The molecule has 1 aromatic carbocycles. The van der Waals surface area contributed by atoms with Crippen LogP contribution in [0.25, 0.3) is 16.9 Å². The molecule has 3 aromatic rings. The lowest BCUT2D eigenvalue weighted by molar-refractivity contribution is -0.384. The maximum absolute atomic E-state index is 10.6. The van der Waals surface area contributed by atoms with E-state index in [-0.39, 0.29) is 5.69 Å². The van der Waals surface area contributed by atoms with Crippen LogP contribution in [0.2, 0.25) is 0 Å². The monoisotopic (exact) mass is 253 g/mol. The van der Waals surface area contributed by atoms with E-state index in [1.807, 2.05) is 35.9 Å². The van der Waals surface area contributed by atoms with Crippen LogP contribution in [-0.4, -0.2) is 14.3 Å². The van der Waals surface area contributed by atoms with Crippen LogP contribution in [0.4, 0.5) is 5.69 Å². The molecule has 0 atom stereocenters. The Morgan fingerprint density at radius 1 is 1.21 bits per heavy atom. The Balaban J connectivity index is 2.09. The van der Waals surface area contributed by atoms with Gasteiger partial charge in [-0.25, -0.2) is 4.98 Å². The van der Waals surface area contributed by atoms with Crippen LogP contribution in [-0.2, 0) is 0 Å². The minimum Gasteiger partial charge on any atom is -0.306 e. The van der Waals surface area contributed by atoms with Crippen LogP contribution >= 0.6 is 0 Å². The zero-order valence-corrected chi connectivity index (χ0v) is 10.3. The lowest BCUT2D eigenvalue weighted by Gasteiger charge is -1.95. The van der Waals surface area contributed by atoms with Crippen molar-refractivity contribution >= 4 is 11.3 Å². The van der Waals surface area contributed by atoms with Crippen LogP contribution in [0.5, 0.6) is 0 Å². The molecule has 0 spiro atoms. The molecule has 2 aromatic heterocycles. The highest BCUT2D eigenvalue weighted by Crippen LogP contribution is 2.22. The lowest BCUT2D eigenvalue weighted by Crippen LogP contribution is -1.87.